The number of hydrogen-bond donors (Lipinski definition) is 1. The largest absolute Gasteiger partial charge is 0.353 e. The molecule has 0 unspecified atom stereocenters. The van der Waals surface area contributed by atoms with E-state index in [1.807, 2.05) is 35.2 Å². The zero-order valence-electron chi connectivity index (χ0n) is 12.3. The third kappa shape index (κ3) is 3.47. The van der Waals surface area contributed by atoms with Crippen LogP contribution in [0.5, 0.6) is 0 Å². The Morgan fingerprint density at radius 2 is 1.86 bits per heavy atom. The van der Waals surface area contributed by atoms with Gasteiger partial charge in [0.2, 0.25) is 0 Å². The molecular formula is C17H18BrN3O. The fourth-order valence-corrected chi connectivity index (χ4v) is 2.96. The number of carbonyl (C=O) groups excluding carboxylic acids is 1. The van der Waals surface area contributed by atoms with Crippen LogP contribution in [-0.4, -0.2) is 28.9 Å². The Labute approximate surface area is 138 Å². The van der Waals surface area contributed by atoms with Crippen molar-refractivity contribution in [1.82, 2.24) is 9.88 Å². The van der Waals surface area contributed by atoms with Crippen LogP contribution in [0.4, 0.5) is 11.4 Å². The zero-order valence-corrected chi connectivity index (χ0v) is 13.8. The van der Waals surface area contributed by atoms with E-state index >= 15 is 0 Å². The van der Waals surface area contributed by atoms with Crippen LogP contribution in [0.25, 0.3) is 0 Å². The molecule has 22 heavy (non-hydrogen) atoms. The summed E-state index contributed by atoms with van der Waals surface area (Å²) in [7, 11) is 0. The highest BCUT2D eigenvalue weighted by atomic mass is 79.9. The van der Waals surface area contributed by atoms with E-state index in [1.54, 1.807) is 12.3 Å². The molecule has 5 heteroatoms. The van der Waals surface area contributed by atoms with Crippen LogP contribution in [0.1, 0.15) is 29.8 Å². The Balaban J connectivity index is 1.70. The molecule has 0 radical (unpaired) electrons. The Morgan fingerprint density at radius 1 is 1.09 bits per heavy atom. The molecule has 0 aliphatic carbocycles. The van der Waals surface area contributed by atoms with Crippen LogP contribution in [0.3, 0.4) is 0 Å². The van der Waals surface area contributed by atoms with Gasteiger partial charge in [0.05, 0.1) is 17.6 Å². The van der Waals surface area contributed by atoms with Gasteiger partial charge in [0.15, 0.2) is 0 Å². The van der Waals surface area contributed by atoms with E-state index in [1.165, 1.54) is 6.42 Å². The predicted molar refractivity (Wildman–Crippen MR) is 91.4 cm³/mol. The number of hydrogen-bond acceptors (Lipinski definition) is 3. The normalized spacial score (nSPS) is 14.7. The summed E-state index contributed by atoms with van der Waals surface area (Å²) in [6, 6.07) is 11.6. The Morgan fingerprint density at radius 3 is 2.55 bits per heavy atom. The highest BCUT2D eigenvalue weighted by Crippen LogP contribution is 2.25. The van der Waals surface area contributed by atoms with Crippen LogP contribution in [-0.2, 0) is 0 Å². The van der Waals surface area contributed by atoms with E-state index in [2.05, 4.69) is 26.2 Å². The molecule has 0 atom stereocenters. The SMILES string of the molecule is O=C(c1ccc(Nc2ccccc2Br)cn1)N1CCCCC1. The van der Waals surface area contributed by atoms with Crippen molar-refractivity contribution in [2.45, 2.75) is 19.3 Å². The van der Waals surface area contributed by atoms with Crippen LogP contribution in [0.15, 0.2) is 47.1 Å². The summed E-state index contributed by atoms with van der Waals surface area (Å²) in [6.07, 6.45) is 5.10. The molecule has 1 aliphatic rings. The molecule has 1 N–H and O–H groups in total. The lowest BCUT2D eigenvalue weighted by molar-refractivity contribution is 0.0718. The van der Waals surface area contributed by atoms with Crippen molar-refractivity contribution in [1.29, 1.82) is 0 Å². The van der Waals surface area contributed by atoms with E-state index < -0.39 is 0 Å². The number of rotatable bonds is 3. The van der Waals surface area contributed by atoms with Gasteiger partial charge in [0, 0.05) is 17.6 Å². The first-order chi connectivity index (χ1) is 10.7. The number of amides is 1. The molecule has 1 saturated heterocycles. The van der Waals surface area contributed by atoms with E-state index in [9.17, 15) is 4.79 Å². The van der Waals surface area contributed by atoms with Gasteiger partial charge in [-0.1, -0.05) is 12.1 Å². The molecule has 4 nitrogen and oxygen atoms in total. The number of nitrogens with one attached hydrogen (secondary N) is 1. The quantitative estimate of drug-likeness (QED) is 0.892. The van der Waals surface area contributed by atoms with Gasteiger partial charge in [-0.15, -0.1) is 0 Å². The second kappa shape index (κ2) is 6.92. The summed E-state index contributed by atoms with van der Waals surface area (Å²) in [4.78, 5) is 18.6. The van der Waals surface area contributed by atoms with Crippen LogP contribution < -0.4 is 5.32 Å². The van der Waals surface area contributed by atoms with Crippen molar-refractivity contribution in [2.75, 3.05) is 18.4 Å². The van der Waals surface area contributed by atoms with Crippen molar-refractivity contribution in [3.63, 3.8) is 0 Å². The molecule has 2 aromatic rings. The van der Waals surface area contributed by atoms with E-state index in [0.29, 0.717) is 5.69 Å². The lowest BCUT2D eigenvalue weighted by atomic mass is 10.1. The minimum absolute atomic E-state index is 0.0344. The van der Waals surface area contributed by atoms with Crippen LogP contribution in [0.2, 0.25) is 0 Å². The van der Waals surface area contributed by atoms with Gasteiger partial charge in [-0.25, -0.2) is 4.98 Å². The van der Waals surface area contributed by atoms with Crippen molar-refractivity contribution < 1.29 is 4.79 Å². The van der Waals surface area contributed by atoms with Gasteiger partial charge in [0.25, 0.3) is 5.91 Å². The van der Waals surface area contributed by atoms with Crippen molar-refractivity contribution in [3.8, 4) is 0 Å². The average molecular weight is 360 g/mol. The molecular weight excluding hydrogens is 342 g/mol. The smallest absolute Gasteiger partial charge is 0.272 e. The van der Waals surface area contributed by atoms with E-state index in [4.69, 9.17) is 0 Å². The number of nitrogens with zero attached hydrogens (tertiary/aromatic N) is 2. The number of piperidine rings is 1. The number of pyridine rings is 1. The maximum absolute atomic E-state index is 12.4. The number of carbonyl (C=O) groups is 1. The third-order valence-corrected chi connectivity index (χ3v) is 4.47. The van der Waals surface area contributed by atoms with Crippen molar-refractivity contribution in [3.05, 3.63) is 52.8 Å². The predicted octanol–water partition coefficient (Wildman–Crippen LogP) is 4.21. The monoisotopic (exact) mass is 359 g/mol. The maximum Gasteiger partial charge on any atom is 0.272 e. The van der Waals surface area contributed by atoms with E-state index in [-0.39, 0.29) is 5.91 Å². The molecule has 3 rings (SSSR count). The number of benzene rings is 1. The molecule has 0 saturated carbocycles. The van der Waals surface area contributed by atoms with Crippen molar-refractivity contribution >= 4 is 33.2 Å². The molecule has 1 fully saturated rings. The molecule has 0 bridgehead atoms. The summed E-state index contributed by atoms with van der Waals surface area (Å²) in [5.74, 6) is 0.0344. The minimum atomic E-state index is 0.0344. The number of anilines is 2. The van der Waals surface area contributed by atoms with Gasteiger partial charge in [-0.05, 0) is 59.5 Å². The molecule has 2 heterocycles. The molecule has 1 aromatic heterocycles. The van der Waals surface area contributed by atoms with Gasteiger partial charge in [-0.3, -0.25) is 4.79 Å². The summed E-state index contributed by atoms with van der Waals surface area (Å²) in [5, 5.41) is 3.28. The Kier molecular flexibility index (Phi) is 4.73. The lowest BCUT2D eigenvalue weighted by Crippen LogP contribution is -2.36. The van der Waals surface area contributed by atoms with E-state index in [0.717, 1.165) is 41.8 Å². The molecule has 1 aliphatic heterocycles. The zero-order chi connectivity index (χ0) is 15.4. The second-order valence-electron chi connectivity index (χ2n) is 5.39. The Bertz CT molecular complexity index is 651. The van der Waals surface area contributed by atoms with Crippen molar-refractivity contribution in [2.24, 2.45) is 0 Å². The molecule has 114 valence electrons. The standard InChI is InChI=1S/C17H18BrN3O/c18-14-6-2-3-7-15(14)20-13-8-9-16(19-12-13)17(22)21-10-4-1-5-11-21/h2-3,6-9,12,20H,1,4-5,10-11H2. The van der Waals surface area contributed by atoms with Gasteiger partial charge in [-0.2, -0.15) is 0 Å². The van der Waals surface area contributed by atoms with Gasteiger partial charge < -0.3 is 10.2 Å². The van der Waals surface area contributed by atoms with Gasteiger partial charge in [0.1, 0.15) is 5.69 Å². The first-order valence-corrected chi connectivity index (χ1v) is 8.30. The number of halogens is 1. The number of para-hydroxylation sites is 1. The van der Waals surface area contributed by atoms with Crippen LogP contribution >= 0.6 is 15.9 Å². The summed E-state index contributed by atoms with van der Waals surface area (Å²) >= 11 is 3.50. The first kappa shape index (κ1) is 15.0. The van der Waals surface area contributed by atoms with Gasteiger partial charge >= 0.3 is 0 Å². The Hall–Kier alpha value is -1.88. The highest BCUT2D eigenvalue weighted by molar-refractivity contribution is 9.10. The lowest BCUT2D eigenvalue weighted by Gasteiger charge is -2.26. The fraction of sp³-hybridized carbons (Fsp3) is 0.294. The third-order valence-electron chi connectivity index (χ3n) is 3.78. The van der Waals surface area contributed by atoms with Crippen LogP contribution in [0, 0.1) is 0 Å². The minimum Gasteiger partial charge on any atom is -0.353 e. The summed E-state index contributed by atoms with van der Waals surface area (Å²) < 4.78 is 0.989. The summed E-state index contributed by atoms with van der Waals surface area (Å²) in [5.41, 5.74) is 2.35. The molecule has 0 spiro atoms. The average Bonchev–Trinajstić information content (AvgIpc) is 2.58. The summed E-state index contributed by atoms with van der Waals surface area (Å²) in [6.45, 7) is 1.69. The topological polar surface area (TPSA) is 45.2 Å². The second-order valence-corrected chi connectivity index (χ2v) is 6.24. The fourth-order valence-electron chi connectivity index (χ4n) is 2.57. The maximum atomic E-state index is 12.4. The number of aromatic nitrogens is 1. The first-order valence-electron chi connectivity index (χ1n) is 7.51. The number of likely N-dealkylation sites (tertiary alicyclic amines) is 1. The molecule has 1 amide bonds. The highest BCUT2D eigenvalue weighted by Gasteiger charge is 2.18. The molecule has 1 aromatic carbocycles.